The minimum absolute atomic E-state index is 0.535. The van der Waals surface area contributed by atoms with Crippen molar-refractivity contribution in [2.45, 2.75) is 11.3 Å². The lowest BCUT2D eigenvalue weighted by Crippen LogP contribution is -2.04. The summed E-state index contributed by atoms with van der Waals surface area (Å²) in [7, 11) is 0.351. The number of aromatic nitrogens is 1. The van der Waals surface area contributed by atoms with E-state index in [1.54, 1.807) is 0 Å². The maximum Gasteiger partial charge on any atom is 0.297 e. The Hall–Kier alpha value is -1.35. The van der Waals surface area contributed by atoms with Gasteiger partial charge in [-0.15, -0.1) is 0 Å². The van der Waals surface area contributed by atoms with Gasteiger partial charge in [0.25, 0.3) is 21.2 Å². The molecule has 1 aromatic rings. The molecule has 0 N–H and O–H groups in total. The zero-order valence-electron chi connectivity index (χ0n) is 7.30. The minimum atomic E-state index is -4.51. The maximum atomic E-state index is 12.5. The molecule has 0 spiro atoms. The second kappa shape index (κ2) is 4.26. The lowest BCUT2D eigenvalue weighted by Gasteiger charge is -2.05. The molecule has 0 amide bonds. The van der Waals surface area contributed by atoms with Crippen LogP contribution in [0.5, 0.6) is 0 Å². The molecule has 0 radical (unpaired) electrons. The Balaban J connectivity index is 3.65. The molecule has 0 saturated heterocycles. The first-order valence-corrected chi connectivity index (χ1v) is 5.91. The van der Waals surface area contributed by atoms with Crippen LogP contribution in [0, 0.1) is 10.1 Å². The summed E-state index contributed by atoms with van der Waals surface area (Å²) >= 11 is 0. The minimum Gasteiger partial charge on any atom is -0.258 e. The zero-order valence-corrected chi connectivity index (χ0v) is 8.87. The second-order valence-electron chi connectivity index (χ2n) is 2.57. The summed E-state index contributed by atoms with van der Waals surface area (Å²) in [6, 6.07) is 0. The van der Waals surface area contributed by atoms with Gasteiger partial charge in [-0.3, -0.25) is 15.1 Å². The van der Waals surface area contributed by atoms with Gasteiger partial charge in [-0.2, -0.15) is 0 Å². The van der Waals surface area contributed by atoms with Gasteiger partial charge in [0.1, 0.15) is 16.7 Å². The third-order valence-corrected chi connectivity index (χ3v) is 2.96. The molecular formula is C6H3ClF2N2O4S. The van der Waals surface area contributed by atoms with E-state index in [4.69, 9.17) is 10.7 Å². The van der Waals surface area contributed by atoms with Crippen LogP contribution < -0.4 is 0 Å². The normalized spacial score (nSPS) is 11.8. The Morgan fingerprint density at radius 2 is 2.00 bits per heavy atom. The highest BCUT2D eigenvalue weighted by Crippen LogP contribution is 2.34. The first-order chi connectivity index (χ1) is 7.25. The first-order valence-electron chi connectivity index (χ1n) is 3.60. The van der Waals surface area contributed by atoms with Crippen molar-refractivity contribution in [2.75, 3.05) is 0 Å². The van der Waals surface area contributed by atoms with Crippen molar-refractivity contribution in [3.05, 3.63) is 28.1 Å². The summed E-state index contributed by atoms with van der Waals surface area (Å²) in [4.78, 5) is 11.4. The topological polar surface area (TPSA) is 90.2 Å². The summed E-state index contributed by atoms with van der Waals surface area (Å²) in [6.45, 7) is 0. The molecule has 0 atom stereocenters. The molecule has 0 bridgehead atoms. The van der Waals surface area contributed by atoms with Crippen molar-refractivity contribution in [3.8, 4) is 0 Å². The predicted octanol–water partition coefficient (Wildman–Crippen LogP) is 1.85. The fourth-order valence-electron chi connectivity index (χ4n) is 1.000. The molecule has 6 nitrogen and oxygen atoms in total. The van der Waals surface area contributed by atoms with E-state index in [1.165, 1.54) is 0 Å². The largest absolute Gasteiger partial charge is 0.297 e. The summed E-state index contributed by atoms with van der Waals surface area (Å²) in [5.74, 6) is 0. The molecule has 88 valence electrons. The fourth-order valence-corrected chi connectivity index (χ4v) is 2.01. The van der Waals surface area contributed by atoms with Crippen molar-refractivity contribution >= 4 is 25.4 Å². The van der Waals surface area contributed by atoms with E-state index >= 15 is 0 Å². The Kier molecular flexibility index (Phi) is 3.38. The van der Waals surface area contributed by atoms with Gasteiger partial charge >= 0.3 is 0 Å². The van der Waals surface area contributed by atoms with Crippen molar-refractivity contribution in [1.29, 1.82) is 0 Å². The molecule has 0 aliphatic rings. The average molecular weight is 273 g/mol. The van der Waals surface area contributed by atoms with Gasteiger partial charge < -0.3 is 0 Å². The molecule has 1 aromatic heterocycles. The van der Waals surface area contributed by atoms with Crippen molar-refractivity contribution in [1.82, 2.24) is 4.98 Å². The molecule has 10 heteroatoms. The van der Waals surface area contributed by atoms with E-state index in [-0.39, 0.29) is 0 Å². The van der Waals surface area contributed by atoms with Crippen LogP contribution in [0.3, 0.4) is 0 Å². The molecule has 1 rings (SSSR count). The van der Waals surface area contributed by atoms with E-state index in [9.17, 15) is 27.3 Å². The number of nitro groups is 1. The van der Waals surface area contributed by atoms with Gasteiger partial charge in [-0.25, -0.2) is 17.2 Å². The van der Waals surface area contributed by atoms with E-state index in [1.807, 2.05) is 0 Å². The third-order valence-electron chi connectivity index (χ3n) is 1.61. The number of rotatable bonds is 3. The monoisotopic (exact) mass is 272 g/mol. The number of pyridine rings is 1. The molecular weight excluding hydrogens is 270 g/mol. The standard InChI is InChI=1S/C6H3ClF2N2O4S/c7-16(14,15)4-2-10-1-3(11(12)13)5(4)6(8)9/h1-2,6H. The molecule has 0 aliphatic carbocycles. The molecule has 16 heavy (non-hydrogen) atoms. The Morgan fingerprint density at radius 1 is 1.44 bits per heavy atom. The Morgan fingerprint density at radius 3 is 2.38 bits per heavy atom. The van der Waals surface area contributed by atoms with Crippen LogP contribution in [-0.2, 0) is 9.05 Å². The highest BCUT2D eigenvalue weighted by atomic mass is 35.7. The van der Waals surface area contributed by atoms with Crippen LogP contribution in [0.25, 0.3) is 0 Å². The van der Waals surface area contributed by atoms with Gasteiger partial charge in [0.05, 0.1) is 4.92 Å². The van der Waals surface area contributed by atoms with E-state index in [2.05, 4.69) is 4.98 Å². The average Bonchev–Trinajstić information content (AvgIpc) is 2.14. The van der Waals surface area contributed by atoms with Crippen LogP contribution >= 0.6 is 10.7 Å². The second-order valence-corrected chi connectivity index (χ2v) is 5.10. The molecule has 0 unspecified atom stereocenters. The van der Waals surface area contributed by atoms with E-state index in [0.29, 0.717) is 12.4 Å². The first kappa shape index (κ1) is 12.7. The van der Waals surface area contributed by atoms with Crippen LogP contribution in [0.15, 0.2) is 17.3 Å². The maximum absolute atomic E-state index is 12.5. The highest BCUT2D eigenvalue weighted by Gasteiger charge is 2.31. The van der Waals surface area contributed by atoms with Crippen molar-refractivity contribution < 1.29 is 22.1 Å². The van der Waals surface area contributed by atoms with Gasteiger partial charge in [0.2, 0.25) is 0 Å². The lowest BCUT2D eigenvalue weighted by molar-refractivity contribution is -0.386. The summed E-state index contributed by atoms with van der Waals surface area (Å²) in [6.07, 6.45) is -2.27. The van der Waals surface area contributed by atoms with Gasteiger partial charge in [-0.1, -0.05) is 0 Å². The quantitative estimate of drug-likeness (QED) is 0.476. The van der Waals surface area contributed by atoms with E-state index < -0.39 is 36.5 Å². The summed E-state index contributed by atoms with van der Waals surface area (Å²) in [5, 5.41) is 10.4. The van der Waals surface area contributed by atoms with Gasteiger partial charge in [0, 0.05) is 16.9 Å². The molecule has 0 fully saturated rings. The number of hydrogen-bond acceptors (Lipinski definition) is 5. The Labute approximate surface area is 92.4 Å². The van der Waals surface area contributed by atoms with Crippen LogP contribution in [0.4, 0.5) is 14.5 Å². The van der Waals surface area contributed by atoms with E-state index in [0.717, 1.165) is 0 Å². The number of hydrogen-bond donors (Lipinski definition) is 0. The van der Waals surface area contributed by atoms with Crippen LogP contribution in [0.2, 0.25) is 0 Å². The smallest absolute Gasteiger partial charge is 0.258 e. The molecule has 1 heterocycles. The predicted molar refractivity (Wildman–Crippen MR) is 48.9 cm³/mol. The number of nitrogens with zero attached hydrogens (tertiary/aromatic N) is 2. The lowest BCUT2D eigenvalue weighted by atomic mass is 10.2. The van der Waals surface area contributed by atoms with Crippen molar-refractivity contribution in [3.63, 3.8) is 0 Å². The summed E-state index contributed by atoms with van der Waals surface area (Å²) < 4.78 is 46.9. The molecule has 0 aliphatic heterocycles. The third kappa shape index (κ3) is 2.42. The SMILES string of the molecule is O=[N+]([O-])c1cncc(S(=O)(=O)Cl)c1C(F)F. The van der Waals surface area contributed by atoms with Crippen LogP contribution in [-0.4, -0.2) is 18.3 Å². The molecule has 0 saturated carbocycles. The Bertz CT molecular complexity index is 533. The summed E-state index contributed by atoms with van der Waals surface area (Å²) in [5.41, 5.74) is -2.34. The van der Waals surface area contributed by atoms with Crippen molar-refractivity contribution in [2.24, 2.45) is 0 Å². The highest BCUT2D eigenvalue weighted by molar-refractivity contribution is 8.13. The van der Waals surface area contributed by atoms with Gasteiger partial charge in [-0.05, 0) is 0 Å². The fraction of sp³-hybridized carbons (Fsp3) is 0.167. The zero-order chi connectivity index (χ0) is 12.5. The molecule has 0 aromatic carbocycles. The number of alkyl halides is 2. The van der Waals surface area contributed by atoms with Crippen LogP contribution in [0.1, 0.15) is 12.0 Å². The number of halogens is 3. The van der Waals surface area contributed by atoms with Gasteiger partial charge in [0.15, 0.2) is 0 Å².